The zero-order valence-electron chi connectivity index (χ0n) is 14.4. The van der Waals surface area contributed by atoms with E-state index in [9.17, 15) is 23.1 Å². The van der Waals surface area contributed by atoms with Crippen LogP contribution in [0.4, 0.5) is 11.4 Å². The molecule has 1 rings (SSSR count). The Morgan fingerprint density at radius 2 is 1.27 bits per heavy atom. The highest BCUT2D eigenvalue weighted by Crippen LogP contribution is 2.41. The molecule has 0 unspecified atom stereocenters. The maximum absolute atomic E-state index is 12.5. The van der Waals surface area contributed by atoms with Crippen molar-refractivity contribution in [3.63, 3.8) is 0 Å². The van der Waals surface area contributed by atoms with Crippen molar-refractivity contribution in [3.8, 4) is 0 Å². The van der Waals surface area contributed by atoms with Crippen molar-refractivity contribution in [1.82, 2.24) is 0 Å². The molecule has 26 heavy (non-hydrogen) atoms. The van der Waals surface area contributed by atoms with E-state index in [2.05, 4.69) is 4.40 Å². The quantitative estimate of drug-likeness (QED) is 0.267. The number of hydrogen-bond donors (Lipinski definition) is 0. The minimum absolute atomic E-state index is 0.0308. The summed E-state index contributed by atoms with van der Waals surface area (Å²) >= 11 is 5.76. The third kappa shape index (κ3) is 5.18. The van der Waals surface area contributed by atoms with Crippen LogP contribution in [-0.2, 0) is 19.6 Å². The molecule has 8 nitrogen and oxygen atoms in total. The van der Waals surface area contributed by atoms with Gasteiger partial charge in [-0.2, -0.15) is 4.40 Å². The molecular weight excluding hydrogens is 703 g/mol. The molecule has 0 radical (unpaired) electrons. The summed E-state index contributed by atoms with van der Waals surface area (Å²) in [5, 5.41) is 12.5. The molecule has 0 aliphatic carbocycles. The Morgan fingerprint density at radius 1 is 0.923 bits per heavy atom. The van der Waals surface area contributed by atoms with Gasteiger partial charge in [-0.3, -0.25) is 9.59 Å². The number of amides is 2. The maximum Gasteiger partial charge on any atom is 0.249 e. The summed E-state index contributed by atoms with van der Waals surface area (Å²) < 4.78 is 27.5. The number of benzene rings is 1. The lowest BCUT2D eigenvalue weighted by molar-refractivity contribution is -0.212. The first-order chi connectivity index (χ1) is 11.7. The van der Waals surface area contributed by atoms with Gasteiger partial charge in [0.15, 0.2) is 0 Å². The summed E-state index contributed by atoms with van der Waals surface area (Å²) in [4.78, 5) is 26.5. The van der Waals surface area contributed by atoms with Crippen LogP contribution in [0.2, 0.25) is 0 Å². The molecule has 0 N–H and O–H groups in total. The van der Waals surface area contributed by atoms with Crippen molar-refractivity contribution in [3.05, 3.63) is 16.3 Å². The number of hydrogen-bond acceptors (Lipinski definition) is 5. The zero-order chi connectivity index (χ0) is 20.6. The van der Waals surface area contributed by atoms with Crippen molar-refractivity contribution in [2.45, 2.75) is 13.8 Å². The average molecular weight is 718 g/mol. The van der Waals surface area contributed by atoms with E-state index in [1.807, 2.05) is 67.8 Å². The van der Waals surface area contributed by atoms with E-state index in [0.29, 0.717) is 22.1 Å². The van der Waals surface area contributed by atoms with Gasteiger partial charge in [0.2, 0.25) is 21.8 Å². The van der Waals surface area contributed by atoms with Crippen molar-refractivity contribution in [2.75, 3.05) is 30.2 Å². The molecule has 1 aromatic rings. The van der Waals surface area contributed by atoms with E-state index in [1.165, 1.54) is 37.7 Å². The number of rotatable bonds is 4. The molecule has 12 heteroatoms. The molecule has 0 spiro atoms. The second-order valence-corrected chi connectivity index (χ2v) is 10.2. The fourth-order valence-corrected chi connectivity index (χ4v) is 7.39. The summed E-state index contributed by atoms with van der Waals surface area (Å²) in [5.74, 6) is -1.51. The monoisotopic (exact) mass is 718 g/mol. The van der Waals surface area contributed by atoms with E-state index < -0.39 is 15.9 Å². The third-order valence-electron chi connectivity index (χ3n) is 3.35. The summed E-state index contributed by atoms with van der Waals surface area (Å²) in [6, 6.07) is 0. The van der Waals surface area contributed by atoms with Gasteiger partial charge in [-0.25, -0.2) is 8.42 Å². The molecule has 0 fully saturated rings. The van der Waals surface area contributed by atoms with Crippen LogP contribution >= 0.6 is 67.8 Å². The van der Waals surface area contributed by atoms with E-state index >= 15 is 0 Å². The second-order valence-electron chi connectivity index (χ2n) is 5.30. The lowest BCUT2D eigenvalue weighted by atomic mass is 10.1. The lowest BCUT2D eigenvalue weighted by Crippen LogP contribution is -2.32. The molecule has 0 saturated heterocycles. The summed E-state index contributed by atoms with van der Waals surface area (Å²) in [7, 11) is -0.836. The van der Waals surface area contributed by atoms with Crippen LogP contribution in [0.1, 0.15) is 19.4 Å². The van der Waals surface area contributed by atoms with Crippen LogP contribution in [0.15, 0.2) is 4.40 Å². The van der Waals surface area contributed by atoms with Gasteiger partial charge in [-0.1, -0.05) is 0 Å². The Kier molecular flexibility index (Phi) is 8.10. The number of anilines is 2. The molecule has 0 saturated carbocycles. The van der Waals surface area contributed by atoms with Crippen LogP contribution in [0.5, 0.6) is 0 Å². The Morgan fingerprint density at radius 3 is 1.54 bits per heavy atom. The Hall–Kier alpha value is -0.230. The van der Waals surface area contributed by atoms with E-state index in [0.717, 1.165) is 6.26 Å². The topological polar surface area (TPSA) is 110 Å². The van der Waals surface area contributed by atoms with Gasteiger partial charge in [0, 0.05) is 46.5 Å². The standard InChI is InChI=1S/C14H16I3N3O5S/c1-6(21)19(3)12-9(15)8(14(23)18-26(5,24)25)10(16)13(11(12)17)20(4)7(2)22/h1-5H3,(H,18,23)/p-1. The minimum atomic E-state index is -3.91. The molecule has 2 amide bonds. The van der Waals surface area contributed by atoms with Crippen LogP contribution in [-0.4, -0.2) is 46.5 Å². The number of sulfonamides is 1. The molecule has 0 bridgehead atoms. The Balaban J connectivity index is 4.06. The van der Waals surface area contributed by atoms with E-state index in [1.54, 1.807) is 0 Å². The highest BCUT2D eigenvalue weighted by atomic mass is 127. The maximum atomic E-state index is 12.5. The molecule has 0 aromatic heterocycles. The summed E-state index contributed by atoms with van der Waals surface area (Å²) in [5.41, 5.74) is 0.853. The first-order valence-electron chi connectivity index (χ1n) is 6.87. The van der Waals surface area contributed by atoms with E-state index in [4.69, 9.17) is 0 Å². The molecule has 1 aromatic carbocycles. The molecule has 0 heterocycles. The van der Waals surface area contributed by atoms with Crippen molar-refractivity contribution in [2.24, 2.45) is 4.40 Å². The smallest absolute Gasteiger partial charge is 0.249 e. The van der Waals surface area contributed by atoms with Crippen LogP contribution < -0.4 is 14.9 Å². The fourth-order valence-electron chi connectivity index (χ4n) is 1.93. The lowest BCUT2D eigenvalue weighted by Gasteiger charge is -2.29. The van der Waals surface area contributed by atoms with Crippen LogP contribution in [0.3, 0.4) is 0 Å². The normalized spacial score (nSPS) is 12.1. The number of carbonyl (C=O) groups is 2. The van der Waals surface area contributed by atoms with Crippen molar-refractivity contribution < 1.29 is 23.1 Å². The van der Waals surface area contributed by atoms with Crippen LogP contribution in [0, 0.1) is 10.7 Å². The predicted octanol–water partition coefficient (Wildman–Crippen LogP) is 1.53. The first-order valence-corrected chi connectivity index (χ1v) is 12.0. The summed E-state index contributed by atoms with van der Waals surface area (Å²) in [6.07, 6.45) is 0.822. The van der Waals surface area contributed by atoms with E-state index in [-0.39, 0.29) is 17.4 Å². The third-order valence-corrected chi connectivity index (χ3v) is 6.97. The first kappa shape index (κ1) is 23.8. The molecule has 0 aliphatic heterocycles. The molecule has 0 aliphatic rings. The number of halogens is 3. The molecule has 0 atom stereocenters. The highest BCUT2D eigenvalue weighted by Gasteiger charge is 2.27. The van der Waals surface area contributed by atoms with Gasteiger partial charge in [-0.05, 0) is 67.8 Å². The zero-order valence-corrected chi connectivity index (χ0v) is 21.7. The fraction of sp³-hybridized carbons (Fsp3) is 0.357. The van der Waals surface area contributed by atoms with Gasteiger partial charge in [0.1, 0.15) is 0 Å². The van der Waals surface area contributed by atoms with Crippen molar-refractivity contribution in [1.29, 1.82) is 0 Å². The molecule has 144 valence electrons. The summed E-state index contributed by atoms with van der Waals surface area (Å²) in [6.45, 7) is 2.72. The van der Waals surface area contributed by atoms with Gasteiger partial charge in [0.25, 0.3) is 0 Å². The largest absolute Gasteiger partial charge is 0.858 e. The van der Waals surface area contributed by atoms with Gasteiger partial charge in [-0.15, -0.1) is 0 Å². The second kappa shape index (κ2) is 8.85. The Labute approximate surface area is 192 Å². The average Bonchev–Trinajstić information content (AvgIpc) is 2.44. The highest BCUT2D eigenvalue weighted by molar-refractivity contribution is 14.1. The predicted molar refractivity (Wildman–Crippen MR) is 124 cm³/mol. The van der Waals surface area contributed by atoms with Crippen molar-refractivity contribution >= 4 is 107 Å². The van der Waals surface area contributed by atoms with Crippen LogP contribution in [0.25, 0.3) is 0 Å². The number of nitrogens with zero attached hydrogens (tertiary/aromatic N) is 3. The van der Waals surface area contributed by atoms with Gasteiger partial charge in [0.05, 0.1) is 21.2 Å². The van der Waals surface area contributed by atoms with Gasteiger partial charge < -0.3 is 14.9 Å². The van der Waals surface area contributed by atoms with Gasteiger partial charge >= 0.3 is 0 Å². The Bertz CT molecular complexity index is 868. The molecular formula is C14H15I3N3O5S-. The number of carbonyl (C=O) groups excluding carboxylic acids is 2. The SMILES string of the molecule is CC(=O)N(C)c1c(I)c(/C([O-])=N/S(C)(=O)=O)c(I)c(N(C)C(C)=O)c1I. The minimum Gasteiger partial charge on any atom is -0.858 e.